The first-order valence-corrected chi connectivity index (χ1v) is 7.42. The lowest BCUT2D eigenvalue weighted by atomic mass is 9.92. The van der Waals surface area contributed by atoms with Crippen molar-refractivity contribution in [2.24, 2.45) is 11.8 Å². The fourth-order valence-electron chi connectivity index (χ4n) is 3.25. The van der Waals surface area contributed by atoms with Crippen molar-refractivity contribution in [1.82, 2.24) is 9.80 Å². The van der Waals surface area contributed by atoms with Gasteiger partial charge in [-0.25, -0.2) is 4.79 Å². The number of likely N-dealkylation sites (tertiary alicyclic amines) is 2. The Kier molecular flexibility index (Phi) is 4.86. The van der Waals surface area contributed by atoms with E-state index in [1.54, 1.807) is 4.90 Å². The van der Waals surface area contributed by atoms with E-state index in [0.717, 1.165) is 19.4 Å². The number of urea groups is 1. The lowest BCUT2D eigenvalue weighted by Gasteiger charge is -2.41. The Hall–Kier alpha value is -1.30. The molecule has 2 N–H and O–H groups in total. The molecule has 3 atom stereocenters. The maximum absolute atomic E-state index is 12.5. The van der Waals surface area contributed by atoms with E-state index >= 15 is 0 Å². The van der Waals surface area contributed by atoms with Crippen LogP contribution in [0, 0.1) is 11.8 Å². The van der Waals surface area contributed by atoms with Gasteiger partial charge in [-0.1, -0.05) is 0 Å². The molecule has 6 heteroatoms. The Morgan fingerprint density at radius 2 is 2.00 bits per heavy atom. The molecule has 114 valence electrons. The van der Waals surface area contributed by atoms with Crippen LogP contribution in [-0.4, -0.2) is 64.3 Å². The number of rotatable bonds is 2. The second-order valence-electron chi connectivity index (χ2n) is 6.02. The number of aliphatic carboxylic acids is 1. The molecule has 2 rings (SSSR count). The molecule has 2 fully saturated rings. The van der Waals surface area contributed by atoms with E-state index in [4.69, 9.17) is 5.11 Å². The van der Waals surface area contributed by atoms with Crippen molar-refractivity contribution in [3.63, 3.8) is 0 Å². The van der Waals surface area contributed by atoms with Gasteiger partial charge in [-0.05, 0) is 38.5 Å². The van der Waals surface area contributed by atoms with Crippen molar-refractivity contribution in [3.8, 4) is 0 Å². The first-order chi connectivity index (χ1) is 9.52. The Morgan fingerprint density at radius 3 is 2.60 bits per heavy atom. The van der Waals surface area contributed by atoms with Gasteiger partial charge in [0.15, 0.2) is 0 Å². The van der Waals surface area contributed by atoms with Crippen LogP contribution in [-0.2, 0) is 4.79 Å². The van der Waals surface area contributed by atoms with Gasteiger partial charge in [0, 0.05) is 32.3 Å². The molecule has 2 heterocycles. The molecule has 0 bridgehead atoms. The molecule has 2 amide bonds. The Labute approximate surface area is 119 Å². The minimum atomic E-state index is -0.762. The SMILES string of the molecule is CC1CC(C(=O)O)CCN1C(=O)N1CCCC(CO)C1. The first-order valence-electron chi connectivity index (χ1n) is 7.42. The van der Waals surface area contributed by atoms with Crippen molar-refractivity contribution in [2.75, 3.05) is 26.2 Å². The van der Waals surface area contributed by atoms with Crippen molar-refractivity contribution >= 4 is 12.0 Å². The summed E-state index contributed by atoms with van der Waals surface area (Å²) in [6.45, 7) is 3.90. The number of amides is 2. The fourth-order valence-corrected chi connectivity index (χ4v) is 3.25. The van der Waals surface area contributed by atoms with Gasteiger partial charge < -0.3 is 20.0 Å². The summed E-state index contributed by atoms with van der Waals surface area (Å²) in [4.78, 5) is 27.1. The molecular formula is C14H24N2O4. The molecule has 0 aliphatic carbocycles. The molecule has 0 aromatic carbocycles. The van der Waals surface area contributed by atoms with Crippen LogP contribution in [0.5, 0.6) is 0 Å². The van der Waals surface area contributed by atoms with Crippen molar-refractivity contribution in [3.05, 3.63) is 0 Å². The maximum Gasteiger partial charge on any atom is 0.320 e. The molecular weight excluding hydrogens is 260 g/mol. The Balaban J connectivity index is 1.94. The zero-order chi connectivity index (χ0) is 14.7. The molecule has 3 unspecified atom stereocenters. The smallest absolute Gasteiger partial charge is 0.320 e. The third kappa shape index (κ3) is 3.23. The third-order valence-corrected chi connectivity index (χ3v) is 4.52. The standard InChI is InChI=1S/C14H24N2O4/c1-10-7-12(13(18)19)4-6-16(10)14(20)15-5-2-3-11(8-15)9-17/h10-12,17H,2-9H2,1H3,(H,18,19). The van der Waals surface area contributed by atoms with E-state index in [0.29, 0.717) is 25.9 Å². The summed E-state index contributed by atoms with van der Waals surface area (Å²) in [7, 11) is 0. The zero-order valence-corrected chi connectivity index (χ0v) is 12.0. The lowest BCUT2D eigenvalue weighted by molar-refractivity contribution is -0.143. The van der Waals surface area contributed by atoms with Crippen LogP contribution in [0.2, 0.25) is 0 Å². The van der Waals surface area contributed by atoms with Crippen molar-refractivity contribution in [2.45, 2.75) is 38.6 Å². The number of aliphatic hydroxyl groups is 1. The topological polar surface area (TPSA) is 81.1 Å². The minimum absolute atomic E-state index is 0.000473. The van der Waals surface area contributed by atoms with Gasteiger partial charge in [-0.3, -0.25) is 4.79 Å². The number of hydrogen-bond acceptors (Lipinski definition) is 3. The molecule has 0 aromatic heterocycles. The summed E-state index contributed by atoms with van der Waals surface area (Å²) < 4.78 is 0. The van der Waals surface area contributed by atoms with Crippen LogP contribution < -0.4 is 0 Å². The second-order valence-corrected chi connectivity index (χ2v) is 6.02. The third-order valence-electron chi connectivity index (χ3n) is 4.52. The highest BCUT2D eigenvalue weighted by Gasteiger charge is 2.35. The molecule has 6 nitrogen and oxygen atoms in total. The highest BCUT2D eigenvalue weighted by atomic mass is 16.4. The number of piperidine rings is 2. The van der Waals surface area contributed by atoms with Crippen LogP contribution in [0.1, 0.15) is 32.6 Å². The van der Waals surface area contributed by atoms with Crippen molar-refractivity contribution in [1.29, 1.82) is 0 Å². The maximum atomic E-state index is 12.5. The predicted octanol–water partition coefficient (Wildman–Crippen LogP) is 0.996. The number of carbonyl (C=O) groups excluding carboxylic acids is 1. The van der Waals surface area contributed by atoms with Crippen LogP contribution >= 0.6 is 0 Å². The van der Waals surface area contributed by atoms with E-state index in [1.807, 2.05) is 11.8 Å². The highest BCUT2D eigenvalue weighted by molar-refractivity contribution is 5.76. The van der Waals surface area contributed by atoms with Crippen LogP contribution in [0.25, 0.3) is 0 Å². The predicted molar refractivity (Wildman–Crippen MR) is 73.3 cm³/mol. The minimum Gasteiger partial charge on any atom is -0.481 e. The van der Waals surface area contributed by atoms with Crippen molar-refractivity contribution < 1.29 is 19.8 Å². The number of carbonyl (C=O) groups is 2. The summed E-state index contributed by atoms with van der Waals surface area (Å²) in [6.07, 6.45) is 2.95. The molecule has 0 aromatic rings. The molecule has 2 aliphatic rings. The molecule has 0 spiro atoms. The number of nitrogens with zero attached hydrogens (tertiary/aromatic N) is 2. The quantitative estimate of drug-likeness (QED) is 0.792. The molecule has 0 radical (unpaired) electrons. The summed E-state index contributed by atoms with van der Waals surface area (Å²) in [5.74, 6) is -0.914. The van der Waals surface area contributed by atoms with Gasteiger partial charge in [0.2, 0.25) is 0 Å². The summed E-state index contributed by atoms with van der Waals surface area (Å²) >= 11 is 0. The van der Waals surface area contributed by atoms with E-state index in [9.17, 15) is 14.7 Å². The lowest BCUT2D eigenvalue weighted by Crippen LogP contribution is -2.53. The van der Waals surface area contributed by atoms with Gasteiger partial charge in [-0.15, -0.1) is 0 Å². The summed E-state index contributed by atoms with van der Waals surface area (Å²) in [5, 5.41) is 18.3. The average Bonchev–Trinajstić information content (AvgIpc) is 2.46. The van der Waals surface area contributed by atoms with E-state index in [-0.39, 0.29) is 30.5 Å². The molecule has 20 heavy (non-hydrogen) atoms. The molecule has 0 saturated carbocycles. The van der Waals surface area contributed by atoms with E-state index < -0.39 is 5.97 Å². The first kappa shape index (κ1) is 15.1. The molecule has 2 saturated heterocycles. The Morgan fingerprint density at radius 1 is 1.25 bits per heavy atom. The molecule has 2 aliphatic heterocycles. The zero-order valence-electron chi connectivity index (χ0n) is 12.0. The van der Waals surface area contributed by atoms with Crippen LogP contribution in [0.15, 0.2) is 0 Å². The summed E-state index contributed by atoms with van der Waals surface area (Å²) in [6, 6.07) is -0.0358. The largest absolute Gasteiger partial charge is 0.481 e. The monoisotopic (exact) mass is 284 g/mol. The van der Waals surface area contributed by atoms with Crippen LogP contribution in [0.4, 0.5) is 4.79 Å². The van der Waals surface area contributed by atoms with Gasteiger partial charge in [0.1, 0.15) is 0 Å². The highest BCUT2D eigenvalue weighted by Crippen LogP contribution is 2.25. The normalized spacial score (nSPS) is 31.2. The number of aliphatic hydroxyl groups excluding tert-OH is 1. The van der Waals surface area contributed by atoms with E-state index in [1.165, 1.54) is 0 Å². The fraction of sp³-hybridized carbons (Fsp3) is 0.857. The van der Waals surface area contributed by atoms with Gasteiger partial charge in [0.25, 0.3) is 0 Å². The number of carboxylic acids is 1. The number of carboxylic acid groups (broad SMARTS) is 1. The van der Waals surface area contributed by atoms with Gasteiger partial charge in [-0.2, -0.15) is 0 Å². The average molecular weight is 284 g/mol. The Bertz CT molecular complexity index is 374. The van der Waals surface area contributed by atoms with Gasteiger partial charge >= 0.3 is 12.0 Å². The number of hydrogen-bond donors (Lipinski definition) is 2. The second kappa shape index (κ2) is 6.43. The summed E-state index contributed by atoms with van der Waals surface area (Å²) in [5.41, 5.74) is 0. The van der Waals surface area contributed by atoms with Crippen LogP contribution in [0.3, 0.4) is 0 Å². The van der Waals surface area contributed by atoms with Gasteiger partial charge in [0.05, 0.1) is 5.92 Å². The van der Waals surface area contributed by atoms with E-state index in [2.05, 4.69) is 0 Å².